The maximum absolute atomic E-state index is 5.81. The number of halogens is 1. The number of nitrogens with zero attached hydrogens (tertiary/aromatic N) is 5. The quantitative estimate of drug-likeness (QED) is 0.886. The number of anilines is 1. The minimum absolute atomic E-state index is 0.262. The van der Waals surface area contributed by atoms with Gasteiger partial charge in [0, 0.05) is 7.05 Å². The molecule has 18 heavy (non-hydrogen) atoms. The molecule has 0 amide bonds. The molecule has 0 aliphatic heterocycles. The van der Waals surface area contributed by atoms with Gasteiger partial charge in [0.05, 0.1) is 24.0 Å². The summed E-state index contributed by atoms with van der Waals surface area (Å²) in [6.45, 7) is 2.56. The van der Waals surface area contributed by atoms with Gasteiger partial charge in [0.25, 0.3) is 5.95 Å². The largest absolute Gasteiger partial charge is 0.463 e. The summed E-state index contributed by atoms with van der Waals surface area (Å²) < 4.78 is 6.85. The van der Waals surface area contributed by atoms with Crippen LogP contribution in [0.1, 0.15) is 13.3 Å². The molecule has 8 heteroatoms. The Balaban J connectivity index is 2.34. The summed E-state index contributed by atoms with van der Waals surface area (Å²) in [7, 11) is 1.72. The summed E-state index contributed by atoms with van der Waals surface area (Å²) in [4.78, 5) is 12.4. The van der Waals surface area contributed by atoms with Crippen molar-refractivity contribution in [2.45, 2.75) is 13.3 Å². The van der Waals surface area contributed by atoms with Crippen LogP contribution in [0.25, 0.3) is 5.95 Å². The number of ether oxygens (including phenoxy) is 1. The first kappa shape index (κ1) is 12.6. The van der Waals surface area contributed by atoms with Crippen LogP contribution in [-0.4, -0.2) is 38.4 Å². The van der Waals surface area contributed by atoms with Crippen LogP contribution in [-0.2, 0) is 0 Å². The topological polar surface area (TPSA) is 77.8 Å². The third-order valence-corrected chi connectivity index (χ3v) is 2.21. The molecule has 2 rings (SSSR count). The summed E-state index contributed by atoms with van der Waals surface area (Å²) in [6, 6.07) is 0.262. The fraction of sp³-hybridized carbons (Fsp3) is 0.400. The number of aromatic nitrogens is 5. The van der Waals surface area contributed by atoms with Crippen molar-refractivity contribution in [3.05, 3.63) is 17.4 Å². The van der Waals surface area contributed by atoms with Gasteiger partial charge in [0.2, 0.25) is 5.95 Å². The van der Waals surface area contributed by atoms with Gasteiger partial charge >= 0.3 is 6.01 Å². The van der Waals surface area contributed by atoms with Crippen molar-refractivity contribution in [2.24, 2.45) is 0 Å². The zero-order valence-corrected chi connectivity index (χ0v) is 10.8. The summed E-state index contributed by atoms with van der Waals surface area (Å²) in [5.74, 6) is 0.769. The molecule has 2 heterocycles. The molecular formula is C10H13ClN6O. The van der Waals surface area contributed by atoms with Gasteiger partial charge in [-0.3, -0.25) is 0 Å². The highest BCUT2D eigenvalue weighted by molar-refractivity contribution is 6.30. The predicted molar refractivity (Wildman–Crippen MR) is 67.3 cm³/mol. The third kappa shape index (κ3) is 2.86. The minimum atomic E-state index is 0.262. The Morgan fingerprint density at radius 1 is 1.39 bits per heavy atom. The summed E-state index contributed by atoms with van der Waals surface area (Å²) in [5.41, 5.74) is 0. The molecule has 0 fully saturated rings. The Kier molecular flexibility index (Phi) is 3.93. The smallest absolute Gasteiger partial charge is 0.323 e. The van der Waals surface area contributed by atoms with Gasteiger partial charge in [-0.15, -0.1) is 0 Å². The van der Waals surface area contributed by atoms with Crippen LogP contribution in [0.5, 0.6) is 6.01 Å². The lowest BCUT2D eigenvalue weighted by Gasteiger charge is -2.06. The van der Waals surface area contributed by atoms with E-state index >= 15 is 0 Å². The second-order valence-electron chi connectivity index (χ2n) is 3.44. The van der Waals surface area contributed by atoms with E-state index < -0.39 is 0 Å². The first-order valence-electron chi connectivity index (χ1n) is 5.50. The van der Waals surface area contributed by atoms with Gasteiger partial charge in [0.15, 0.2) is 0 Å². The third-order valence-electron chi connectivity index (χ3n) is 2.02. The number of nitrogens with one attached hydrogen (secondary N) is 1. The minimum Gasteiger partial charge on any atom is -0.463 e. The summed E-state index contributed by atoms with van der Waals surface area (Å²) in [5, 5.41) is 7.39. The van der Waals surface area contributed by atoms with Gasteiger partial charge in [-0.05, 0) is 6.42 Å². The zero-order chi connectivity index (χ0) is 13.0. The van der Waals surface area contributed by atoms with E-state index in [4.69, 9.17) is 16.3 Å². The first-order chi connectivity index (χ1) is 8.72. The van der Waals surface area contributed by atoms with Crippen molar-refractivity contribution in [1.82, 2.24) is 24.7 Å². The van der Waals surface area contributed by atoms with Gasteiger partial charge in [-0.2, -0.15) is 20.1 Å². The Labute approximate surface area is 109 Å². The van der Waals surface area contributed by atoms with Crippen LogP contribution in [0, 0.1) is 0 Å². The normalized spacial score (nSPS) is 10.4. The van der Waals surface area contributed by atoms with E-state index in [-0.39, 0.29) is 6.01 Å². The van der Waals surface area contributed by atoms with E-state index in [9.17, 15) is 0 Å². The van der Waals surface area contributed by atoms with E-state index in [2.05, 4.69) is 25.4 Å². The summed E-state index contributed by atoms with van der Waals surface area (Å²) in [6.07, 6.45) is 4.00. The van der Waals surface area contributed by atoms with Crippen molar-refractivity contribution in [2.75, 3.05) is 19.0 Å². The average Bonchev–Trinajstić information content (AvgIpc) is 2.82. The second-order valence-corrected chi connectivity index (χ2v) is 3.88. The molecule has 0 unspecified atom stereocenters. The summed E-state index contributed by atoms with van der Waals surface area (Å²) >= 11 is 5.81. The standard InChI is InChI=1S/C10H13ClN6O/c1-3-4-18-10-15-8(12-2)14-9(16-10)17-6-7(11)5-13-17/h5-6H,3-4H2,1-2H3,(H,12,14,15,16). The van der Waals surface area contributed by atoms with E-state index in [0.717, 1.165) is 6.42 Å². The van der Waals surface area contributed by atoms with E-state index in [1.165, 1.54) is 10.9 Å². The van der Waals surface area contributed by atoms with E-state index in [0.29, 0.717) is 23.5 Å². The molecule has 1 N–H and O–H groups in total. The molecule has 96 valence electrons. The highest BCUT2D eigenvalue weighted by Gasteiger charge is 2.09. The highest BCUT2D eigenvalue weighted by atomic mass is 35.5. The molecule has 0 bridgehead atoms. The monoisotopic (exact) mass is 268 g/mol. The molecule has 2 aromatic rings. The van der Waals surface area contributed by atoms with Gasteiger partial charge < -0.3 is 10.1 Å². The molecule has 0 spiro atoms. The van der Waals surface area contributed by atoms with E-state index in [1.54, 1.807) is 13.2 Å². The van der Waals surface area contributed by atoms with Crippen molar-refractivity contribution in [1.29, 1.82) is 0 Å². The number of hydrogen-bond donors (Lipinski definition) is 1. The highest BCUT2D eigenvalue weighted by Crippen LogP contribution is 2.13. The second kappa shape index (κ2) is 5.63. The molecule has 0 aliphatic rings. The van der Waals surface area contributed by atoms with Crippen LogP contribution in [0.4, 0.5) is 5.95 Å². The van der Waals surface area contributed by atoms with Crippen LogP contribution < -0.4 is 10.1 Å². The fourth-order valence-electron chi connectivity index (χ4n) is 1.23. The van der Waals surface area contributed by atoms with Crippen molar-refractivity contribution >= 4 is 17.5 Å². The van der Waals surface area contributed by atoms with Crippen molar-refractivity contribution in [3.63, 3.8) is 0 Å². The fourth-order valence-corrected chi connectivity index (χ4v) is 1.36. The van der Waals surface area contributed by atoms with Gasteiger partial charge in [-0.25, -0.2) is 4.68 Å². The molecule has 0 saturated carbocycles. The Bertz CT molecular complexity index is 529. The van der Waals surface area contributed by atoms with Crippen LogP contribution >= 0.6 is 11.6 Å². The maximum Gasteiger partial charge on any atom is 0.323 e. The van der Waals surface area contributed by atoms with Gasteiger partial charge in [0.1, 0.15) is 0 Å². The Hall–Kier alpha value is -1.89. The molecule has 2 aromatic heterocycles. The Morgan fingerprint density at radius 2 is 2.22 bits per heavy atom. The number of rotatable bonds is 5. The Morgan fingerprint density at radius 3 is 2.83 bits per heavy atom. The lowest BCUT2D eigenvalue weighted by Crippen LogP contribution is -2.09. The SMILES string of the molecule is CCCOc1nc(NC)nc(-n2cc(Cl)cn2)n1. The van der Waals surface area contributed by atoms with Crippen LogP contribution in [0.15, 0.2) is 12.4 Å². The van der Waals surface area contributed by atoms with Crippen molar-refractivity contribution < 1.29 is 4.74 Å². The molecule has 0 saturated heterocycles. The molecule has 0 atom stereocenters. The van der Waals surface area contributed by atoms with Gasteiger partial charge in [-0.1, -0.05) is 18.5 Å². The molecule has 7 nitrogen and oxygen atoms in total. The average molecular weight is 269 g/mol. The first-order valence-corrected chi connectivity index (χ1v) is 5.88. The lowest BCUT2D eigenvalue weighted by molar-refractivity contribution is 0.291. The lowest BCUT2D eigenvalue weighted by atomic mass is 10.5. The maximum atomic E-state index is 5.81. The molecule has 0 aliphatic carbocycles. The molecule has 0 radical (unpaired) electrons. The molecular weight excluding hydrogens is 256 g/mol. The van der Waals surface area contributed by atoms with Crippen LogP contribution in [0.3, 0.4) is 0 Å². The molecule has 0 aromatic carbocycles. The van der Waals surface area contributed by atoms with E-state index in [1.807, 2.05) is 6.92 Å². The van der Waals surface area contributed by atoms with Crippen LogP contribution in [0.2, 0.25) is 5.02 Å². The van der Waals surface area contributed by atoms with Crippen molar-refractivity contribution in [3.8, 4) is 12.0 Å². The predicted octanol–water partition coefficient (Wildman–Crippen LogP) is 1.54. The number of hydrogen-bond acceptors (Lipinski definition) is 6. The zero-order valence-electron chi connectivity index (χ0n) is 10.1.